The van der Waals surface area contributed by atoms with Gasteiger partial charge in [-0.05, 0) is 28.3 Å². The molecule has 0 aliphatic heterocycles. The number of nitro groups is 1. The van der Waals surface area contributed by atoms with Crippen LogP contribution in [0.2, 0.25) is 0 Å². The van der Waals surface area contributed by atoms with Crippen LogP contribution in [-0.4, -0.2) is 27.1 Å². The molecule has 3 rings (SSSR count). The van der Waals surface area contributed by atoms with Gasteiger partial charge in [-0.1, -0.05) is 24.3 Å². The van der Waals surface area contributed by atoms with Crippen LogP contribution in [0.4, 0.5) is 5.69 Å². The van der Waals surface area contributed by atoms with Crippen LogP contribution >= 0.6 is 0 Å². The van der Waals surface area contributed by atoms with Gasteiger partial charge in [-0.25, -0.2) is 0 Å². The first-order valence-corrected chi connectivity index (χ1v) is 7.22. The fourth-order valence-corrected chi connectivity index (χ4v) is 3.32. The van der Waals surface area contributed by atoms with Crippen LogP contribution in [0.15, 0.2) is 42.5 Å². The molecule has 0 bridgehead atoms. The average Bonchev–Trinajstić information content (AvgIpc) is 2.85. The van der Waals surface area contributed by atoms with Crippen molar-refractivity contribution < 1.29 is 24.7 Å². The van der Waals surface area contributed by atoms with E-state index in [9.17, 15) is 24.8 Å². The van der Waals surface area contributed by atoms with Crippen LogP contribution in [-0.2, 0) is 9.59 Å². The molecule has 2 unspecified atom stereocenters. The van der Waals surface area contributed by atoms with Gasteiger partial charge in [0, 0.05) is 18.1 Å². The molecule has 24 heavy (non-hydrogen) atoms. The summed E-state index contributed by atoms with van der Waals surface area (Å²) in [5.41, 5.74) is 2.51. The van der Waals surface area contributed by atoms with Gasteiger partial charge in [0.05, 0.1) is 17.3 Å². The minimum absolute atomic E-state index is 0.147. The lowest BCUT2D eigenvalue weighted by molar-refractivity contribution is -0.384. The van der Waals surface area contributed by atoms with Gasteiger partial charge in [-0.2, -0.15) is 0 Å². The van der Waals surface area contributed by atoms with Gasteiger partial charge in [0.1, 0.15) is 0 Å². The molecule has 2 aromatic carbocycles. The Bertz CT molecular complexity index is 860. The van der Waals surface area contributed by atoms with Crippen molar-refractivity contribution in [1.82, 2.24) is 0 Å². The Kier molecular flexibility index (Phi) is 3.76. The van der Waals surface area contributed by atoms with E-state index in [1.54, 1.807) is 30.3 Å². The summed E-state index contributed by atoms with van der Waals surface area (Å²) in [7, 11) is 0. The fourth-order valence-electron chi connectivity index (χ4n) is 3.32. The number of fused-ring (bicyclic) bond motifs is 3. The van der Waals surface area contributed by atoms with Crippen molar-refractivity contribution in [3.63, 3.8) is 0 Å². The molecule has 0 saturated carbocycles. The molecule has 2 N–H and O–H groups in total. The smallest absolute Gasteiger partial charge is 0.308 e. The van der Waals surface area contributed by atoms with Crippen molar-refractivity contribution in [3.05, 3.63) is 63.7 Å². The summed E-state index contributed by atoms with van der Waals surface area (Å²) in [4.78, 5) is 33.3. The summed E-state index contributed by atoms with van der Waals surface area (Å²) in [5, 5.41) is 29.6. The summed E-state index contributed by atoms with van der Waals surface area (Å²) in [6.07, 6.45) is -0.559. The van der Waals surface area contributed by atoms with Crippen LogP contribution in [0.1, 0.15) is 23.5 Å². The number of hydrogen-bond acceptors (Lipinski definition) is 4. The highest BCUT2D eigenvalue weighted by Gasteiger charge is 2.39. The Morgan fingerprint density at radius 2 is 1.75 bits per heavy atom. The number of non-ortho nitro benzene ring substituents is 1. The maximum Gasteiger partial charge on any atom is 0.308 e. The molecule has 1 aliphatic rings. The summed E-state index contributed by atoms with van der Waals surface area (Å²) in [5.74, 6) is -4.40. The van der Waals surface area contributed by atoms with Gasteiger partial charge in [0.2, 0.25) is 0 Å². The van der Waals surface area contributed by atoms with E-state index in [0.717, 1.165) is 5.56 Å². The predicted octanol–water partition coefficient (Wildman–Crippen LogP) is 2.88. The first-order chi connectivity index (χ1) is 11.4. The van der Waals surface area contributed by atoms with E-state index in [1.807, 2.05) is 0 Å². The summed E-state index contributed by atoms with van der Waals surface area (Å²) >= 11 is 0. The first-order valence-electron chi connectivity index (χ1n) is 7.22. The van der Waals surface area contributed by atoms with E-state index in [-0.39, 0.29) is 5.69 Å². The lowest BCUT2D eigenvalue weighted by Crippen LogP contribution is -2.24. The molecule has 2 atom stereocenters. The van der Waals surface area contributed by atoms with Crippen LogP contribution < -0.4 is 0 Å². The molecule has 1 aliphatic carbocycles. The number of benzene rings is 2. The molecular formula is C17H13NO6. The van der Waals surface area contributed by atoms with Gasteiger partial charge in [-0.15, -0.1) is 0 Å². The van der Waals surface area contributed by atoms with E-state index in [1.165, 1.54) is 12.1 Å². The molecular weight excluding hydrogens is 314 g/mol. The Labute approximate surface area is 136 Å². The second-order valence-electron chi connectivity index (χ2n) is 5.64. The second-order valence-corrected chi connectivity index (χ2v) is 5.64. The number of carboxylic acids is 2. The van der Waals surface area contributed by atoms with E-state index < -0.39 is 35.1 Å². The largest absolute Gasteiger partial charge is 0.481 e. The topological polar surface area (TPSA) is 118 Å². The fraction of sp³-hybridized carbons (Fsp3) is 0.176. The van der Waals surface area contributed by atoms with Crippen molar-refractivity contribution in [2.24, 2.45) is 5.92 Å². The number of aliphatic carboxylic acids is 2. The van der Waals surface area contributed by atoms with Crippen molar-refractivity contribution in [1.29, 1.82) is 0 Å². The third-order valence-electron chi connectivity index (χ3n) is 4.28. The molecule has 0 fully saturated rings. The number of nitrogens with zero attached hydrogens (tertiary/aromatic N) is 1. The molecule has 2 aromatic rings. The van der Waals surface area contributed by atoms with Gasteiger partial charge in [0.25, 0.3) is 5.69 Å². The SMILES string of the molecule is O=C(O)CC(C(=O)O)C1c2ccccc2-c2ccc([N+](=O)[O-])cc21. The van der Waals surface area contributed by atoms with Gasteiger partial charge in [-0.3, -0.25) is 19.7 Å². The lowest BCUT2D eigenvalue weighted by Gasteiger charge is -2.20. The molecule has 0 heterocycles. The van der Waals surface area contributed by atoms with Crippen LogP contribution in [0.25, 0.3) is 11.1 Å². The monoisotopic (exact) mass is 327 g/mol. The molecule has 0 saturated heterocycles. The maximum atomic E-state index is 11.7. The normalized spacial score (nSPS) is 16.1. The number of hydrogen-bond donors (Lipinski definition) is 2. The first kappa shape index (κ1) is 15.7. The van der Waals surface area contributed by atoms with Gasteiger partial charge in [0.15, 0.2) is 0 Å². The quantitative estimate of drug-likeness (QED) is 0.644. The highest BCUT2D eigenvalue weighted by Crippen LogP contribution is 2.49. The van der Waals surface area contributed by atoms with Crippen LogP contribution in [0, 0.1) is 16.0 Å². The second kappa shape index (κ2) is 5.77. The van der Waals surface area contributed by atoms with E-state index in [0.29, 0.717) is 16.7 Å². The summed E-state index contributed by atoms with van der Waals surface area (Å²) < 4.78 is 0. The molecule has 0 amide bonds. The molecule has 122 valence electrons. The standard InChI is InChI=1S/C17H13NO6/c19-15(20)8-14(17(21)22)16-12-4-2-1-3-10(12)11-6-5-9(18(23)24)7-13(11)16/h1-7,14,16H,8H2,(H,19,20)(H,21,22). The maximum absolute atomic E-state index is 11.7. The van der Waals surface area contributed by atoms with Gasteiger partial charge < -0.3 is 10.2 Å². The number of carboxylic acid groups (broad SMARTS) is 2. The Hall–Kier alpha value is -3.22. The summed E-state index contributed by atoms with van der Waals surface area (Å²) in [6, 6.07) is 11.4. The van der Waals surface area contributed by atoms with Crippen molar-refractivity contribution in [3.8, 4) is 11.1 Å². The number of carbonyl (C=O) groups is 2. The third kappa shape index (κ3) is 2.50. The van der Waals surface area contributed by atoms with E-state index in [2.05, 4.69) is 0 Å². The molecule has 7 nitrogen and oxygen atoms in total. The zero-order chi connectivity index (χ0) is 17.4. The Morgan fingerprint density at radius 3 is 2.38 bits per heavy atom. The Morgan fingerprint density at radius 1 is 1.08 bits per heavy atom. The average molecular weight is 327 g/mol. The third-order valence-corrected chi connectivity index (χ3v) is 4.28. The van der Waals surface area contributed by atoms with Crippen molar-refractivity contribution in [2.45, 2.75) is 12.3 Å². The number of nitro benzene ring substituents is 1. The summed E-state index contributed by atoms with van der Waals surface area (Å²) in [6.45, 7) is 0. The Balaban J connectivity index is 2.22. The van der Waals surface area contributed by atoms with Crippen LogP contribution in [0.3, 0.4) is 0 Å². The van der Waals surface area contributed by atoms with E-state index in [4.69, 9.17) is 5.11 Å². The minimum atomic E-state index is -1.24. The highest BCUT2D eigenvalue weighted by atomic mass is 16.6. The van der Waals surface area contributed by atoms with Gasteiger partial charge >= 0.3 is 11.9 Å². The lowest BCUT2D eigenvalue weighted by atomic mass is 9.82. The van der Waals surface area contributed by atoms with E-state index >= 15 is 0 Å². The molecule has 0 spiro atoms. The minimum Gasteiger partial charge on any atom is -0.481 e. The van der Waals surface area contributed by atoms with Crippen molar-refractivity contribution in [2.75, 3.05) is 0 Å². The molecule has 0 radical (unpaired) electrons. The molecule has 0 aromatic heterocycles. The molecule has 7 heteroatoms. The predicted molar refractivity (Wildman–Crippen MR) is 83.8 cm³/mol. The zero-order valence-electron chi connectivity index (χ0n) is 12.4. The number of rotatable bonds is 5. The van der Waals surface area contributed by atoms with Crippen molar-refractivity contribution >= 4 is 17.6 Å². The zero-order valence-corrected chi connectivity index (χ0v) is 12.4. The highest BCUT2D eigenvalue weighted by molar-refractivity contribution is 5.86. The van der Waals surface area contributed by atoms with Crippen LogP contribution in [0.5, 0.6) is 0 Å².